The first-order chi connectivity index (χ1) is 7.53. The van der Waals surface area contributed by atoms with Crippen LogP contribution in [0.1, 0.15) is 13.8 Å². The molecule has 16 heavy (non-hydrogen) atoms. The number of fused-ring (bicyclic) bond motifs is 1. The highest BCUT2D eigenvalue weighted by Crippen LogP contribution is 2.21. The number of aromatic nitrogens is 3. The van der Waals surface area contributed by atoms with Crippen LogP contribution in [-0.4, -0.2) is 26.6 Å². The Balaban J connectivity index is 2.45. The van der Waals surface area contributed by atoms with Crippen molar-refractivity contribution in [2.45, 2.75) is 19.4 Å². The molecule has 2 rings (SSSR count). The Morgan fingerprint density at radius 2 is 2.19 bits per heavy atom. The van der Waals surface area contributed by atoms with Gasteiger partial charge in [-0.15, -0.1) is 0 Å². The van der Waals surface area contributed by atoms with Crippen molar-refractivity contribution in [2.75, 3.05) is 11.9 Å². The third-order valence-corrected chi connectivity index (χ3v) is 2.61. The molecule has 0 aliphatic heterocycles. The zero-order chi connectivity index (χ0) is 11.8. The van der Waals surface area contributed by atoms with Gasteiger partial charge in [0, 0.05) is 25.3 Å². The second-order valence-corrected chi connectivity index (χ2v) is 4.60. The molecule has 86 valence electrons. The van der Waals surface area contributed by atoms with E-state index in [9.17, 15) is 0 Å². The van der Waals surface area contributed by atoms with E-state index >= 15 is 0 Å². The van der Waals surface area contributed by atoms with Crippen LogP contribution in [0.15, 0.2) is 18.6 Å². The molecule has 0 atom stereocenters. The standard InChI is InChI=1S/C11H17N5/c1-11(2,6-12)15-10-9-8(4-5-13-10)16(3)7-14-9/h4-5,7H,6,12H2,1-3H3,(H,13,15). The molecule has 5 nitrogen and oxygen atoms in total. The van der Waals surface area contributed by atoms with Crippen LogP contribution in [0.25, 0.3) is 11.0 Å². The second-order valence-electron chi connectivity index (χ2n) is 4.60. The molecule has 0 fully saturated rings. The fourth-order valence-corrected chi connectivity index (χ4v) is 1.53. The lowest BCUT2D eigenvalue weighted by Crippen LogP contribution is -2.39. The molecule has 5 heteroatoms. The minimum Gasteiger partial charge on any atom is -0.362 e. The van der Waals surface area contributed by atoms with Gasteiger partial charge in [-0.05, 0) is 19.9 Å². The second kappa shape index (κ2) is 3.75. The van der Waals surface area contributed by atoms with Gasteiger partial charge in [0.25, 0.3) is 0 Å². The van der Waals surface area contributed by atoms with Crippen LogP contribution in [0.4, 0.5) is 5.82 Å². The Kier molecular flexibility index (Phi) is 2.55. The normalized spacial score (nSPS) is 12.0. The summed E-state index contributed by atoms with van der Waals surface area (Å²) in [4.78, 5) is 8.64. The summed E-state index contributed by atoms with van der Waals surface area (Å²) in [6, 6.07) is 1.95. The molecular weight excluding hydrogens is 202 g/mol. The maximum absolute atomic E-state index is 5.69. The summed E-state index contributed by atoms with van der Waals surface area (Å²) in [5.41, 5.74) is 7.45. The molecule has 2 aromatic heterocycles. The van der Waals surface area contributed by atoms with E-state index in [2.05, 4.69) is 15.3 Å². The van der Waals surface area contributed by atoms with Gasteiger partial charge in [-0.25, -0.2) is 9.97 Å². The van der Waals surface area contributed by atoms with Crippen molar-refractivity contribution < 1.29 is 0 Å². The molecule has 0 unspecified atom stereocenters. The van der Waals surface area contributed by atoms with Crippen LogP contribution >= 0.6 is 0 Å². The van der Waals surface area contributed by atoms with Gasteiger partial charge in [-0.1, -0.05) is 0 Å². The Bertz CT molecular complexity index is 500. The van der Waals surface area contributed by atoms with Gasteiger partial charge in [-0.3, -0.25) is 0 Å². The number of rotatable bonds is 3. The van der Waals surface area contributed by atoms with E-state index in [-0.39, 0.29) is 5.54 Å². The minimum atomic E-state index is -0.182. The average molecular weight is 219 g/mol. The molecule has 0 aromatic carbocycles. The smallest absolute Gasteiger partial charge is 0.154 e. The SMILES string of the molecule is Cn1cnc2c(NC(C)(C)CN)nccc21. The van der Waals surface area contributed by atoms with Crippen molar-refractivity contribution in [3.05, 3.63) is 18.6 Å². The predicted molar refractivity (Wildman–Crippen MR) is 65.3 cm³/mol. The van der Waals surface area contributed by atoms with E-state index in [0.29, 0.717) is 6.54 Å². The molecule has 0 saturated heterocycles. The van der Waals surface area contributed by atoms with Crippen molar-refractivity contribution in [2.24, 2.45) is 12.8 Å². The van der Waals surface area contributed by atoms with E-state index in [4.69, 9.17) is 5.73 Å². The molecule has 2 heterocycles. The molecule has 3 N–H and O–H groups in total. The Labute approximate surface area is 94.7 Å². The summed E-state index contributed by atoms with van der Waals surface area (Å²) in [5.74, 6) is 0.786. The highest BCUT2D eigenvalue weighted by Gasteiger charge is 2.17. The van der Waals surface area contributed by atoms with Gasteiger partial charge in [0.05, 0.1) is 11.8 Å². The number of hydrogen-bond acceptors (Lipinski definition) is 4. The monoisotopic (exact) mass is 219 g/mol. The third kappa shape index (κ3) is 1.86. The zero-order valence-electron chi connectivity index (χ0n) is 9.86. The zero-order valence-corrected chi connectivity index (χ0v) is 9.86. The molecular formula is C11H17N5. The maximum Gasteiger partial charge on any atom is 0.154 e. The van der Waals surface area contributed by atoms with Gasteiger partial charge in [-0.2, -0.15) is 0 Å². The van der Waals surface area contributed by atoms with Crippen LogP contribution in [0.5, 0.6) is 0 Å². The van der Waals surface area contributed by atoms with Crippen LogP contribution < -0.4 is 11.1 Å². The number of nitrogens with zero attached hydrogens (tertiary/aromatic N) is 3. The van der Waals surface area contributed by atoms with Gasteiger partial charge in [0.1, 0.15) is 5.52 Å². The minimum absolute atomic E-state index is 0.182. The average Bonchev–Trinajstić information content (AvgIpc) is 2.62. The van der Waals surface area contributed by atoms with Crippen molar-refractivity contribution in [1.29, 1.82) is 0 Å². The van der Waals surface area contributed by atoms with Gasteiger partial charge < -0.3 is 15.6 Å². The first-order valence-corrected chi connectivity index (χ1v) is 5.28. The molecule has 0 aliphatic rings. The van der Waals surface area contributed by atoms with E-state index in [0.717, 1.165) is 16.9 Å². The summed E-state index contributed by atoms with van der Waals surface area (Å²) in [6.45, 7) is 4.62. The maximum atomic E-state index is 5.69. The largest absolute Gasteiger partial charge is 0.362 e. The highest BCUT2D eigenvalue weighted by molar-refractivity contribution is 5.85. The number of pyridine rings is 1. The van der Waals surface area contributed by atoms with E-state index < -0.39 is 0 Å². The number of nitrogens with two attached hydrogens (primary N) is 1. The number of anilines is 1. The number of hydrogen-bond donors (Lipinski definition) is 2. The topological polar surface area (TPSA) is 68.8 Å². The van der Waals surface area contributed by atoms with Crippen LogP contribution in [0, 0.1) is 0 Å². The fraction of sp³-hybridized carbons (Fsp3) is 0.455. The Morgan fingerprint density at radius 3 is 2.88 bits per heavy atom. The number of aryl methyl sites for hydroxylation is 1. The van der Waals surface area contributed by atoms with Crippen molar-refractivity contribution >= 4 is 16.9 Å². The summed E-state index contributed by atoms with van der Waals surface area (Å²) in [5, 5.41) is 3.31. The molecule has 0 amide bonds. The summed E-state index contributed by atoms with van der Waals surface area (Å²) >= 11 is 0. The quantitative estimate of drug-likeness (QED) is 0.811. The number of imidazole rings is 1. The molecule has 2 aromatic rings. The predicted octanol–water partition coefficient (Wildman–Crippen LogP) is 1.12. The van der Waals surface area contributed by atoms with Crippen molar-refractivity contribution in [3.63, 3.8) is 0 Å². The number of nitrogens with one attached hydrogen (secondary N) is 1. The molecule has 0 bridgehead atoms. The van der Waals surface area contributed by atoms with Crippen molar-refractivity contribution in [1.82, 2.24) is 14.5 Å². The first kappa shape index (κ1) is 10.9. The first-order valence-electron chi connectivity index (χ1n) is 5.28. The van der Waals surface area contributed by atoms with E-state index in [1.54, 1.807) is 12.5 Å². The highest BCUT2D eigenvalue weighted by atomic mass is 15.1. The summed E-state index contributed by atoms with van der Waals surface area (Å²) < 4.78 is 1.97. The lowest BCUT2D eigenvalue weighted by atomic mass is 10.1. The fourth-order valence-electron chi connectivity index (χ4n) is 1.53. The van der Waals surface area contributed by atoms with E-state index in [1.807, 2.05) is 31.5 Å². The van der Waals surface area contributed by atoms with Crippen LogP contribution in [-0.2, 0) is 7.05 Å². The molecule has 0 radical (unpaired) electrons. The lowest BCUT2D eigenvalue weighted by molar-refractivity contribution is 0.578. The van der Waals surface area contributed by atoms with E-state index in [1.165, 1.54) is 0 Å². The summed E-state index contributed by atoms with van der Waals surface area (Å²) in [7, 11) is 1.97. The van der Waals surface area contributed by atoms with Gasteiger partial charge in [0.2, 0.25) is 0 Å². The molecule has 0 spiro atoms. The van der Waals surface area contributed by atoms with Gasteiger partial charge >= 0.3 is 0 Å². The molecule has 0 aliphatic carbocycles. The lowest BCUT2D eigenvalue weighted by Gasteiger charge is -2.24. The van der Waals surface area contributed by atoms with Crippen LogP contribution in [0.3, 0.4) is 0 Å². The Hall–Kier alpha value is -1.62. The molecule has 0 saturated carbocycles. The third-order valence-electron chi connectivity index (χ3n) is 2.61. The Morgan fingerprint density at radius 1 is 1.44 bits per heavy atom. The van der Waals surface area contributed by atoms with Crippen LogP contribution in [0.2, 0.25) is 0 Å². The summed E-state index contributed by atoms with van der Waals surface area (Å²) in [6.07, 6.45) is 3.56. The van der Waals surface area contributed by atoms with Crippen molar-refractivity contribution in [3.8, 4) is 0 Å². The van der Waals surface area contributed by atoms with Gasteiger partial charge in [0.15, 0.2) is 5.82 Å².